The quantitative estimate of drug-likeness (QED) is 0.706. The number of nitrogens with zero attached hydrogens (tertiary/aromatic N) is 2. The van der Waals surface area contributed by atoms with Gasteiger partial charge in [-0.15, -0.1) is 0 Å². The van der Waals surface area contributed by atoms with Crippen molar-refractivity contribution in [1.29, 1.82) is 0 Å². The number of amides is 1. The highest BCUT2D eigenvalue weighted by molar-refractivity contribution is 7.89. The normalized spacial score (nSPS) is 16.3. The van der Waals surface area contributed by atoms with E-state index in [1.807, 2.05) is 37.4 Å². The largest absolute Gasteiger partial charge is 0.341 e. The van der Waals surface area contributed by atoms with Gasteiger partial charge in [0, 0.05) is 38.5 Å². The second-order valence-electron chi connectivity index (χ2n) is 7.08. The van der Waals surface area contributed by atoms with E-state index < -0.39 is 10.0 Å². The molecule has 3 rings (SSSR count). The van der Waals surface area contributed by atoms with Crippen LogP contribution in [-0.2, 0) is 21.4 Å². The van der Waals surface area contributed by atoms with E-state index in [1.54, 1.807) is 26.0 Å². The zero-order valence-corrected chi connectivity index (χ0v) is 17.2. The maximum absolute atomic E-state index is 12.6. The molecule has 0 bridgehead atoms. The van der Waals surface area contributed by atoms with Crippen molar-refractivity contribution >= 4 is 27.3 Å². The second-order valence-corrected chi connectivity index (χ2v) is 9.80. The number of hydrogen-bond donors (Lipinski definition) is 0. The smallest absolute Gasteiger partial charge is 0.243 e. The lowest BCUT2D eigenvalue weighted by molar-refractivity contribution is -0.130. The fourth-order valence-electron chi connectivity index (χ4n) is 3.45. The first-order chi connectivity index (χ1) is 13.0. The Balaban J connectivity index is 1.43. The molecule has 27 heavy (non-hydrogen) atoms. The first-order valence-corrected chi connectivity index (χ1v) is 11.7. The summed E-state index contributed by atoms with van der Waals surface area (Å²) in [6.45, 7) is 1.70. The second kappa shape index (κ2) is 8.99. The maximum Gasteiger partial charge on any atom is 0.243 e. The van der Waals surface area contributed by atoms with Gasteiger partial charge in [-0.3, -0.25) is 4.79 Å². The molecule has 0 N–H and O–H groups in total. The topological polar surface area (TPSA) is 57.7 Å². The van der Waals surface area contributed by atoms with Crippen LogP contribution in [0.25, 0.3) is 0 Å². The highest BCUT2D eigenvalue weighted by Gasteiger charge is 2.29. The summed E-state index contributed by atoms with van der Waals surface area (Å²) in [5.41, 5.74) is 1.13. The van der Waals surface area contributed by atoms with Crippen molar-refractivity contribution in [2.24, 2.45) is 5.92 Å². The summed E-state index contributed by atoms with van der Waals surface area (Å²) >= 11 is 1.40. The van der Waals surface area contributed by atoms with Gasteiger partial charge in [0.05, 0.1) is 4.90 Å². The molecule has 1 aliphatic rings. The molecular weight excluding hydrogens is 380 g/mol. The van der Waals surface area contributed by atoms with E-state index in [9.17, 15) is 13.2 Å². The monoisotopic (exact) mass is 406 g/mol. The maximum atomic E-state index is 12.6. The third-order valence-corrected chi connectivity index (χ3v) is 7.89. The van der Waals surface area contributed by atoms with E-state index >= 15 is 0 Å². The number of carbonyl (C=O) groups excluding carboxylic acids is 1. The fourth-order valence-corrected chi connectivity index (χ4v) is 5.94. The summed E-state index contributed by atoms with van der Waals surface area (Å²) in [7, 11) is -1.51. The summed E-state index contributed by atoms with van der Waals surface area (Å²) < 4.78 is 26.7. The number of sulfonamides is 1. The molecule has 2 aromatic rings. The number of thiophene rings is 1. The molecule has 0 radical (unpaired) electrons. The number of hydrogen-bond acceptors (Lipinski definition) is 4. The summed E-state index contributed by atoms with van der Waals surface area (Å²) in [5, 5.41) is 3.47. The Morgan fingerprint density at radius 2 is 1.89 bits per heavy atom. The highest BCUT2D eigenvalue weighted by Crippen LogP contribution is 2.27. The first kappa shape index (κ1) is 20.0. The van der Waals surface area contributed by atoms with Crippen LogP contribution in [0.5, 0.6) is 0 Å². The Morgan fingerprint density at radius 1 is 1.19 bits per heavy atom. The molecule has 1 aromatic carbocycles. The lowest BCUT2D eigenvalue weighted by atomic mass is 9.93. The van der Waals surface area contributed by atoms with Crippen LogP contribution in [0.1, 0.15) is 31.2 Å². The van der Waals surface area contributed by atoms with E-state index in [0.29, 0.717) is 36.9 Å². The van der Waals surface area contributed by atoms with E-state index in [4.69, 9.17) is 0 Å². The SMILES string of the molecule is CN(Cc1ccccc1)C(=O)CCC1CCN(S(=O)(=O)c2ccsc2)CC1. The van der Waals surface area contributed by atoms with Crippen molar-refractivity contribution in [2.75, 3.05) is 20.1 Å². The van der Waals surface area contributed by atoms with Gasteiger partial charge in [-0.2, -0.15) is 15.6 Å². The van der Waals surface area contributed by atoms with E-state index in [1.165, 1.54) is 11.3 Å². The van der Waals surface area contributed by atoms with Gasteiger partial charge in [-0.25, -0.2) is 8.42 Å². The molecule has 5 nitrogen and oxygen atoms in total. The molecule has 7 heteroatoms. The highest BCUT2D eigenvalue weighted by atomic mass is 32.2. The van der Waals surface area contributed by atoms with Crippen molar-refractivity contribution in [1.82, 2.24) is 9.21 Å². The summed E-state index contributed by atoms with van der Waals surface area (Å²) in [6.07, 6.45) is 2.98. The number of piperidine rings is 1. The van der Waals surface area contributed by atoms with Crippen LogP contribution in [0.4, 0.5) is 0 Å². The third kappa shape index (κ3) is 5.18. The molecule has 1 aliphatic heterocycles. The van der Waals surface area contributed by atoms with Crippen LogP contribution in [-0.4, -0.2) is 43.7 Å². The van der Waals surface area contributed by atoms with Gasteiger partial charge < -0.3 is 4.90 Å². The van der Waals surface area contributed by atoms with Crippen molar-refractivity contribution in [2.45, 2.75) is 37.1 Å². The van der Waals surface area contributed by atoms with Crippen molar-refractivity contribution in [3.8, 4) is 0 Å². The van der Waals surface area contributed by atoms with Gasteiger partial charge in [0.15, 0.2) is 0 Å². The van der Waals surface area contributed by atoms with Gasteiger partial charge in [0.25, 0.3) is 0 Å². The molecule has 0 saturated carbocycles. The van der Waals surface area contributed by atoms with Crippen LogP contribution in [0.3, 0.4) is 0 Å². The minimum Gasteiger partial charge on any atom is -0.341 e. The molecule has 2 heterocycles. The Hall–Kier alpha value is -1.70. The minimum absolute atomic E-state index is 0.146. The van der Waals surface area contributed by atoms with Gasteiger partial charge in [-0.05, 0) is 42.2 Å². The molecule has 1 amide bonds. The molecule has 1 aromatic heterocycles. The van der Waals surface area contributed by atoms with Crippen molar-refractivity contribution < 1.29 is 13.2 Å². The van der Waals surface area contributed by atoms with Gasteiger partial charge in [0.1, 0.15) is 0 Å². The predicted molar refractivity (Wildman–Crippen MR) is 108 cm³/mol. The van der Waals surface area contributed by atoms with Crippen LogP contribution < -0.4 is 0 Å². The Kier molecular flexibility index (Phi) is 6.68. The molecule has 1 fully saturated rings. The molecule has 146 valence electrons. The lowest BCUT2D eigenvalue weighted by Gasteiger charge is -2.31. The Morgan fingerprint density at radius 3 is 2.52 bits per heavy atom. The summed E-state index contributed by atoms with van der Waals surface area (Å²) in [4.78, 5) is 14.6. The molecule has 0 spiro atoms. The van der Waals surface area contributed by atoms with Gasteiger partial charge in [0.2, 0.25) is 15.9 Å². The van der Waals surface area contributed by atoms with Crippen LogP contribution in [0.15, 0.2) is 52.1 Å². The number of rotatable bonds is 7. The molecule has 1 saturated heterocycles. The molecule has 0 unspecified atom stereocenters. The lowest BCUT2D eigenvalue weighted by Crippen LogP contribution is -2.38. The van der Waals surface area contributed by atoms with Crippen LogP contribution in [0.2, 0.25) is 0 Å². The Bertz CT molecular complexity index is 827. The molecular formula is C20H26N2O3S2. The predicted octanol–water partition coefficient (Wildman–Crippen LogP) is 3.59. The molecule has 0 aliphatic carbocycles. The van der Waals surface area contributed by atoms with E-state index in [0.717, 1.165) is 24.8 Å². The average Bonchev–Trinajstić information content (AvgIpc) is 3.23. The standard InChI is InChI=1S/C20H26N2O3S2/c1-21(15-18-5-3-2-4-6-18)20(23)8-7-17-9-12-22(13-10-17)27(24,25)19-11-14-26-16-19/h2-6,11,14,16-17H,7-10,12-13,15H2,1H3. The third-order valence-electron chi connectivity index (χ3n) is 5.16. The number of benzene rings is 1. The van der Waals surface area contributed by atoms with E-state index in [-0.39, 0.29) is 5.91 Å². The summed E-state index contributed by atoms with van der Waals surface area (Å²) in [5.74, 6) is 0.556. The minimum atomic E-state index is -3.35. The zero-order chi connectivity index (χ0) is 19.3. The van der Waals surface area contributed by atoms with E-state index in [2.05, 4.69) is 0 Å². The number of carbonyl (C=O) groups is 1. The van der Waals surface area contributed by atoms with Gasteiger partial charge >= 0.3 is 0 Å². The average molecular weight is 407 g/mol. The molecule has 0 atom stereocenters. The van der Waals surface area contributed by atoms with Crippen molar-refractivity contribution in [3.05, 3.63) is 52.7 Å². The van der Waals surface area contributed by atoms with Gasteiger partial charge in [-0.1, -0.05) is 30.3 Å². The zero-order valence-electron chi connectivity index (χ0n) is 15.6. The summed E-state index contributed by atoms with van der Waals surface area (Å²) in [6, 6.07) is 11.6. The fraction of sp³-hybridized carbons (Fsp3) is 0.450. The first-order valence-electron chi connectivity index (χ1n) is 9.27. The van der Waals surface area contributed by atoms with Crippen LogP contribution >= 0.6 is 11.3 Å². The van der Waals surface area contributed by atoms with Crippen molar-refractivity contribution in [3.63, 3.8) is 0 Å². The Labute approximate surface area is 165 Å². The van der Waals surface area contributed by atoms with Crippen LogP contribution in [0, 0.1) is 5.92 Å².